The number of hydrogen-bond acceptors (Lipinski definition) is 4. The first-order valence-corrected chi connectivity index (χ1v) is 6.31. The Morgan fingerprint density at radius 2 is 1.94 bits per heavy atom. The van der Waals surface area contributed by atoms with Gasteiger partial charge < -0.3 is 19.9 Å². The molecule has 4 nitrogen and oxygen atoms in total. The molecule has 100 valence electrons. The van der Waals surface area contributed by atoms with Crippen LogP contribution in [0.1, 0.15) is 24.4 Å². The fraction of sp³-hybridized carbons (Fsp3) is 0.571. The topological polar surface area (TPSA) is 53.7 Å². The molecule has 1 heterocycles. The minimum absolute atomic E-state index is 0.0288. The number of hydrogen-bond donors (Lipinski definition) is 1. The van der Waals surface area contributed by atoms with E-state index in [0.717, 1.165) is 43.1 Å². The van der Waals surface area contributed by atoms with E-state index < -0.39 is 0 Å². The zero-order chi connectivity index (χ0) is 13.0. The molecule has 18 heavy (non-hydrogen) atoms. The molecule has 0 radical (unpaired) electrons. The van der Waals surface area contributed by atoms with Gasteiger partial charge in [0, 0.05) is 24.8 Å². The van der Waals surface area contributed by atoms with Crippen molar-refractivity contribution in [1.82, 2.24) is 0 Å². The lowest BCUT2D eigenvalue weighted by molar-refractivity contribution is 0.0581. The van der Waals surface area contributed by atoms with Crippen LogP contribution in [0.3, 0.4) is 0 Å². The first-order valence-electron chi connectivity index (χ1n) is 6.31. The van der Waals surface area contributed by atoms with E-state index in [9.17, 15) is 0 Å². The molecule has 2 N–H and O–H groups in total. The molecule has 0 spiro atoms. The van der Waals surface area contributed by atoms with Crippen LogP contribution in [0, 0.1) is 5.92 Å². The zero-order valence-corrected chi connectivity index (χ0v) is 11.0. The van der Waals surface area contributed by atoms with Gasteiger partial charge in [-0.05, 0) is 37.0 Å². The summed E-state index contributed by atoms with van der Waals surface area (Å²) in [7, 11) is 3.33. The Balaban J connectivity index is 2.23. The molecule has 4 heteroatoms. The minimum Gasteiger partial charge on any atom is -0.497 e. The number of benzene rings is 1. The second-order valence-electron chi connectivity index (χ2n) is 4.58. The second kappa shape index (κ2) is 6.07. The highest BCUT2D eigenvalue weighted by molar-refractivity contribution is 5.42. The minimum atomic E-state index is -0.0288. The highest BCUT2D eigenvalue weighted by Gasteiger charge is 2.24. The van der Waals surface area contributed by atoms with Crippen molar-refractivity contribution in [2.24, 2.45) is 11.7 Å². The van der Waals surface area contributed by atoms with E-state index in [4.69, 9.17) is 19.9 Å². The fourth-order valence-corrected chi connectivity index (χ4v) is 2.43. The third-order valence-corrected chi connectivity index (χ3v) is 3.57. The molecule has 1 saturated heterocycles. The Morgan fingerprint density at radius 1 is 1.22 bits per heavy atom. The van der Waals surface area contributed by atoms with Crippen LogP contribution in [0.25, 0.3) is 0 Å². The maximum atomic E-state index is 6.38. The van der Waals surface area contributed by atoms with Crippen LogP contribution < -0.4 is 15.2 Å². The largest absolute Gasteiger partial charge is 0.497 e. The van der Waals surface area contributed by atoms with Crippen molar-refractivity contribution < 1.29 is 14.2 Å². The molecule has 1 atom stereocenters. The average Bonchev–Trinajstić information content (AvgIpc) is 2.46. The van der Waals surface area contributed by atoms with Gasteiger partial charge in [0.1, 0.15) is 11.5 Å². The summed E-state index contributed by atoms with van der Waals surface area (Å²) < 4.78 is 16.0. The van der Waals surface area contributed by atoms with Crippen LogP contribution in [-0.4, -0.2) is 27.4 Å². The number of rotatable bonds is 4. The Labute approximate surface area is 108 Å². The molecule has 0 amide bonds. The van der Waals surface area contributed by atoms with Crippen molar-refractivity contribution >= 4 is 0 Å². The van der Waals surface area contributed by atoms with Crippen LogP contribution in [0.5, 0.6) is 11.5 Å². The van der Waals surface area contributed by atoms with Crippen molar-refractivity contribution in [3.63, 3.8) is 0 Å². The van der Waals surface area contributed by atoms with Gasteiger partial charge in [0.25, 0.3) is 0 Å². The Morgan fingerprint density at radius 3 is 2.56 bits per heavy atom. The monoisotopic (exact) mass is 251 g/mol. The summed E-state index contributed by atoms with van der Waals surface area (Å²) in [4.78, 5) is 0. The van der Waals surface area contributed by atoms with Gasteiger partial charge in [0.15, 0.2) is 0 Å². The van der Waals surface area contributed by atoms with Crippen LogP contribution in [0.15, 0.2) is 18.2 Å². The Hall–Kier alpha value is -1.26. The predicted molar refractivity (Wildman–Crippen MR) is 70.0 cm³/mol. The lowest BCUT2D eigenvalue weighted by Gasteiger charge is -2.28. The van der Waals surface area contributed by atoms with Gasteiger partial charge in [-0.15, -0.1) is 0 Å². The van der Waals surface area contributed by atoms with Crippen LogP contribution in [-0.2, 0) is 4.74 Å². The molecular weight excluding hydrogens is 230 g/mol. The average molecular weight is 251 g/mol. The first-order chi connectivity index (χ1) is 8.76. The highest BCUT2D eigenvalue weighted by atomic mass is 16.5. The SMILES string of the molecule is COc1ccc(OC)c([C@H](N)C2CCOCC2)c1. The van der Waals surface area contributed by atoms with E-state index in [1.165, 1.54) is 0 Å². The Kier molecular flexibility index (Phi) is 4.44. The van der Waals surface area contributed by atoms with Crippen LogP contribution >= 0.6 is 0 Å². The van der Waals surface area contributed by atoms with Gasteiger partial charge >= 0.3 is 0 Å². The van der Waals surface area contributed by atoms with E-state index in [2.05, 4.69) is 0 Å². The standard InChI is InChI=1S/C14H21NO3/c1-16-11-3-4-13(17-2)12(9-11)14(15)10-5-7-18-8-6-10/h3-4,9-10,14H,5-8,15H2,1-2H3/t14-/m1/s1. The van der Waals surface area contributed by atoms with Gasteiger partial charge in [-0.25, -0.2) is 0 Å². The molecule has 0 aromatic heterocycles. The Bertz CT molecular complexity index is 389. The summed E-state index contributed by atoms with van der Waals surface area (Å²) in [5, 5.41) is 0. The van der Waals surface area contributed by atoms with Gasteiger partial charge in [-0.2, -0.15) is 0 Å². The van der Waals surface area contributed by atoms with E-state index in [-0.39, 0.29) is 6.04 Å². The van der Waals surface area contributed by atoms with Gasteiger partial charge in [0.2, 0.25) is 0 Å². The predicted octanol–water partition coefficient (Wildman–Crippen LogP) is 2.13. The molecular formula is C14H21NO3. The molecule has 0 aliphatic carbocycles. The number of nitrogens with two attached hydrogens (primary N) is 1. The maximum absolute atomic E-state index is 6.38. The molecule has 1 fully saturated rings. The van der Waals surface area contributed by atoms with Crippen LogP contribution in [0.4, 0.5) is 0 Å². The number of ether oxygens (including phenoxy) is 3. The van der Waals surface area contributed by atoms with E-state index in [1.807, 2.05) is 18.2 Å². The van der Waals surface area contributed by atoms with E-state index >= 15 is 0 Å². The van der Waals surface area contributed by atoms with Crippen molar-refractivity contribution in [1.29, 1.82) is 0 Å². The summed E-state index contributed by atoms with van der Waals surface area (Å²) in [5.41, 5.74) is 7.40. The molecule has 0 unspecified atom stereocenters. The second-order valence-corrected chi connectivity index (χ2v) is 4.58. The summed E-state index contributed by atoms with van der Waals surface area (Å²) in [6.45, 7) is 1.59. The van der Waals surface area contributed by atoms with Gasteiger partial charge in [-0.3, -0.25) is 0 Å². The molecule has 2 rings (SSSR count). The smallest absolute Gasteiger partial charge is 0.123 e. The molecule has 1 aromatic carbocycles. The summed E-state index contributed by atoms with van der Waals surface area (Å²) in [6, 6.07) is 5.74. The molecule has 0 saturated carbocycles. The summed E-state index contributed by atoms with van der Waals surface area (Å²) in [5.74, 6) is 2.09. The summed E-state index contributed by atoms with van der Waals surface area (Å²) >= 11 is 0. The molecule has 0 bridgehead atoms. The first kappa shape index (κ1) is 13.2. The third kappa shape index (κ3) is 2.76. The van der Waals surface area contributed by atoms with Crippen molar-refractivity contribution in [3.8, 4) is 11.5 Å². The van der Waals surface area contributed by atoms with Crippen molar-refractivity contribution in [2.45, 2.75) is 18.9 Å². The zero-order valence-electron chi connectivity index (χ0n) is 11.0. The third-order valence-electron chi connectivity index (χ3n) is 3.57. The number of methoxy groups -OCH3 is 2. The lowest BCUT2D eigenvalue weighted by atomic mass is 9.87. The lowest BCUT2D eigenvalue weighted by Crippen LogP contribution is -2.27. The van der Waals surface area contributed by atoms with E-state index in [1.54, 1.807) is 14.2 Å². The van der Waals surface area contributed by atoms with Crippen molar-refractivity contribution in [2.75, 3.05) is 27.4 Å². The van der Waals surface area contributed by atoms with Crippen LogP contribution in [0.2, 0.25) is 0 Å². The quantitative estimate of drug-likeness (QED) is 0.890. The molecule has 1 aliphatic heterocycles. The van der Waals surface area contributed by atoms with Gasteiger partial charge in [0.05, 0.1) is 14.2 Å². The molecule has 1 aromatic rings. The van der Waals surface area contributed by atoms with Gasteiger partial charge in [-0.1, -0.05) is 0 Å². The van der Waals surface area contributed by atoms with E-state index in [0.29, 0.717) is 5.92 Å². The maximum Gasteiger partial charge on any atom is 0.123 e. The molecule has 1 aliphatic rings. The summed E-state index contributed by atoms with van der Waals surface area (Å²) in [6.07, 6.45) is 2.00. The fourth-order valence-electron chi connectivity index (χ4n) is 2.43. The van der Waals surface area contributed by atoms with Crippen molar-refractivity contribution in [3.05, 3.63) is 23.8 Å². The normalized spacial score (nSPS) is 18.4. The highest BCUT2D eigenvalue weighted by Crippen LogP contribution is 2.35.